The fourth-order valence-corrected chi connectivity index (χ4v) is 7.84. The number of aromatic amines is 1. The first-order chi connectivity index (χ1) is 31.7. The first-order valence-electron chi connectivity index (χ1n) is 20.4. The first-order valence-corrected chi connectivity index (χ1v) is 21.2. The van der Waals surface area contributed by atoms with Crippen LogP contribution < -0.4 is 40.0 Å². The minimum Gasteiger partial charge on any atom is -0.497 e. The van der Waals surface area contributed by atoms with Gasteiger partial charge in [-0.15, -0.1) is 0 Å². The molecule has 19 heteroatoms. The van der Waals surface area contributed by atoms with Gasteiger partial charge in [-0.05, 0) is 90.2 Å². The number of ether oxygens (including phenoxy) is 4. The second kappa shape index (κ2) is 20.6. The van der Waals surface area contributed by atoms with E-state index in [-0.39, 0.29) is 43.7 Å². The highest BCUT2D eigenvalue weighted by Crippen LogP contribution is 2.47. The number of hydrogen-bond acceptors (Lipinski definition) is 12. The lowest BCUT2D eigenvalue weighted by molar-refractivity contribution is -0.137. The maximum absolute atomic E-state index is 17.1. The predicted octanol–water partition coefficient (Wildman–Crippen LogP) is 10.1. The molecule has 0 saturated heterocycles. The van der Waals surface area contributed by atoms with Gasteiger partial charge in [0.15, 0.2) is 11.6 Å². The van der Waals surface area contributed by atoms with Crippen LogP contribution in [0.1, 0.15) is 46.3 Å². The number of rotatable bonds is 18. The van der Waals surface area contributed by atoms with E-state index in [0.29, 0.717) is 23.9 Å². The molecule has 0 aliphatic carbocycles. The summed E-state index contributed by atoms with van der Waals surface area (Å²) in [6.07, 6.45) is -1.97. The third-order valence-corrected chi connectivity index (χ3v) is 11.2. The molecule has 3 N–H and O–H groups in total. The van der Waals surface area contributed by atoms with Crippen LogP contribution in [0.3, 0.4) is 0 Å². The number of benzene rings is 4. The van der Waals surface area contributed by atoms with Crippen LogP contribution in [0.5, 0.6) is 23.0 Å². The molecule has 0 radical (unpaired) electrons. The van der Waals surface area contributed by atoms with Gasteiger partial charge in [-0.3, -0.25) is 9.78 Å². The molecular weight excluding hydrogens is 903 g/mol. The Bertz CT molecular complexity index is 2820. The van der Waals surface area contributed by atoms with Crippen LogP contribution in [0.25, 0.3) is 22.2 Å². The monoisotopic (exact) mass is 946 g/mol. The zero-order chi connectivity index (χ0) is 47.1. The first kappa shape index (κ1) is 47.3. The zero-order valence-corrected chi connectivity index (χ0v) is 37.8. The maximum Gasteiger partial charge on any atom is 0.418 e. The summed E-state index contributed by atoms with van der Waals surface area (Å²) in [5, 5.41) is 5.02. The van der Waals surface area contributed by atoms with Gasteiger partial charge in [0.2, 0.25) is 5.28 Å². The molecule has 3 aromatic heterocycles. The molecule has 0 aliphatic rings. The van der Waals surface area contributed by atoms with Crippen LogP contribution in [0.4, 0.5) is 29.2 Å². The van der Waals surface area contributed by atoms with E-state index in [1.54, 1.807) is 42.5 Å². The van der Waals surface area contributed by atoms with Crippen LogP contribution >= 0.6 is 23.2 Å². The van der Waals surface area contributed by atoms with Gasteiger partial charge in [-0.1, -0.05) is 48.0 Å². The Morgan fingerprint density at radius 3 is 1.98 bits per heavy atom. The smallest absolute Gasteiger partial charge is 0.418 e. The highest BCUT2D eigenvalue weighted by Gasteiger charge is 2.40. The van der Waals surface area contributed by atoms with E-state index in [2.05, 4.69) is 35.6 Å². The number of pyridine rings is 1. The molecule has 66 heavy (non-hydrogen) atoms. The molecule has 0 amide bonds. The largest absolute Gasteiger partial charge is 0.497 e. The fourth-order valence-electron chi connectivity index (χ4n) is 7.35. The molecule has 0 spiro atoms. The maximum atomic E-state index is 17.1. The number of halogens is 6. The van der Waals surface area contributed by atoms with Crippen molar-refractivity contribution < 1.29 is 36.5 Å². The Balaban J connectivity index is 1.24. The molecule has 1 atom stereocenters. The lowest BCUT2D eigenvalue weighted by Crippen LogP contribution is -2.26. The van der Waals surface area contributed by atoms with Gasteiger partial charge in [0, 0.05) is 44.0 Å². The van der Waals surface area contributed by atoms with Crippen molar-refractivity contribution >= 4 is 45.7 Å². The van der Waals surface area contributed by atoms with Crippen LogP contribution in [-0.4, -0.2) is 59.4 Å². The number of nitrogens with one attached hydrogen (secondary N) is 3. The number of alkyl halides is 3. The summed E-state index contributed by atoms with van der Waals surface area (Å²) in [5.41, 5.74) is -1.48. The molecule has 0 saturated carbocycles. The van der Waals surface area contributed by atoms with Gasteiger partial charge >= 0.3 is 6.18 Å². The molecule has 4 aromatic carbocycles. The van der Waals surface area contributed by atoms with Crippen molar-refractivity contribution in [2.75, 3.05) is 44.7 Å². The van der Waals surface area contributed by atoms with Crippen LogP contribution in [0.15, 0.2) is 96.2 Å². The van der Waals surface area contributed by atoms with Gasteiger partial charge in [0.25, 0.3) is 5.56 Å². The molecule has 7 rings (SSSR count). The van der Waals surface area contributed by atoms with Crippen LogP contribution in [0, 0.1) is 12.7 Å². The molecular formula is C47H44Cl2F4N8O5. The van der Waals surface area contributed by atoms with E-state index < -0.39 is 61.3 Å². The number of nitrogens with zero attached hydrogens (tertiary/aromatic N) is 5. The van der Waals surface area contributed by atoms with E-state index in [1.807, 2.05) is 55.5 Å². The highest BCUT2D eigenvalue weighted by molar-refractivity contribution is 6.36. The number of fused-ring (bicyclic) bond motifs is 1. The van der Waals surface area contributed by atoms with Crippen molar-refractivity contribution in [3.05, 3.63) is 151 Å². The van der Waals surface area contributed by atoms with E-state index >= 15 is 17.6 Å². The molecule has 0 fully saturated rings. The SMILES string of the molecule is COc1ccc(CNc2ncncc2C(C)NCCOc2c(Cl)c(-c3nc(N(Cc4ccc(OC)cc4)Cc4ccc(OC)cc4)cc(C)c3C(F)(F)F)c(F)c3nc(Cl)[nH]c(=O)c23)cc1. The molecule has 344 valence electrons. The molecule has 13 nitrogen and oxygen atoms in total. The summed E-state index contributed by atoms with van der Waals surface area (Å²) in [5.74, 6) is 0.818. The molecule has 3 heterocycles. The molecule has 0 bridgehead atoms. The lowest BCUT2D eigenvalue weighted by Gasteiger charge is -2.27. The van der Waals surface area contributed by atoms with Gasteiger partial charge < -0.3 is 34.5 Å². The number of aryl methyl sites for hydroxylation is 1. The van der Waals surface area contributed by atoms with E-state index in [0.717, 1.165) is 28.0 Å². The van der Waals surface area contributed by atoms with Crippen molar-refractivity contribution in [1.82, 2.24) is 30.2 Å². The Morgan fingerprint density at radius 1 is 0.848 bits per heavy atom. The van der Waals surface area contributed by atoms with Crippen molar-refractivity contribution in [3.8, 4) is 34.3 Å². The van der Waals surface area contributed by atoms with Crippen LogP contribution in [0.2, 0.25) is 10.3 Å². The predicted molar refractivity (Wildman–Crippen MR) is 245 cm³/mol. The van der Waals surface area contributed by atoms with Gasteiger partial charge in [0.1, 0.15) is 52.7 Å². The third kappa shape index (κ3) is 10.7. The second-order valence-corrected chi connectivity index (χ2v) is 15.8. The van der Waals surface area contributed by atoms with Crippen LogP contribution in [-0.2, 0) is 25.8 Å². The van der Waals surface area contributed by atoms with E-state index in [1.165, 1.54) is 33.5 Å². The Hall–Kier alpha value is -6.69. The van der Waals surface area contributed by atoms with Gasteiger partial charge in [0.05, 0.1) is 43.2 Å². The quantitative estimate of drug-likeness (QED) is 0.0427. The number of anilines is 2. The fraction of sp³-hybridized carbons (Fsp3) is 0.255. The average Bonchev–Trinajstić information content (AvgIpc) is 3.30. The average molecular weight is 948 g/mol. The standard InChI is InChI=1S/C47H44Cl2F4N8O5/c1-26-20-35(61(23-29-8-14-32(64-4)15-9-29)24-30-10-16-33(65-5)17-11-30)58-41(38(26)47(51,52)53)36-39(48)43(37-42(40(36)50)59-46(49)60-45(37)62)66-19-18-55-27(2)34-22-54-25-57-44(34)56-21-28-6-12-31(63-3)13-7-28/h6-17,20,22,25,27,55H,18-19,21,23-24H2,1-5H3,(H,54,56,57)(H,59,60,62). The van der Waals surface area contributed by atoms with Crippen molar-refractivity contribution in [2.45, 2.75) is 45.7 Å². The number of H-pyrrole nitrogens is 1. The topological polar surface area (TPSA) is 149 Å². The normalized spacial score (nSPS) is 11.9. The summed E-state index contributed by atoms with van der Waals surface area (Å²) in [6.45, 7) is 3.86. The van der Waals surface area contributed by atoms with E-state index in [4.69, 9.17) is 42.1 Å². The summed E-state index contributed by atoms with van der Waals surface area (Å²) in [6, 6.07) is 22.8. The third-order valence-electron chi connectivity index (χ3n) is 10.7. The summed E-state index contributed by atoms with van der Waals surface area (Å²) in [7, 11) is 4.67. The lowest BCUT2D eigenvalue weighted by atomic mass is 9.98. The number of aromatic nitrogens is 5. The Kier molecular flexibility index (Phi) is 14.8. The van der Waals surface area contributed by atoms with Crippen molar-refractivity contribution in [1.29, 1.82) is 0 Å². The summed E-state index contributed by atoms with van der Waals surface area (Å²) in [4.78, 5) is 34.6. The van der Waals surface area contributed by atoms with Gasteiger partial charge in [-0.25, -0.2) is 24.3 Å². The molecule has 7 aromatic rings. The molecule has 0 aliphatic heterocycles. The second-order valence-electron chi connectivity index (χ2n) is 15.0. The number of methoxy groups -OCH3 is 3. The summed E-state index contributed by atoms with van der Waals surface area (Å²) >= 11 is 13.1. The van der Waals surface area contributed by atoms with Gasteiger partial charge in [-0.2, -0.15) is 13.2 Å². The van der Waals surface area contributed by atoms with Crippen molar-refractivity contribution in [3.63, 3.8) is 0 Å². The molecule has 1 unspecified atom stereocenters. The minimum atomic E-state index is -5.05. The number of hydrogen-bond donors (Lipinski definition) is 3. The highest BCUT2D eigenvalue weighted by atomic mass is 35.5. The zero-order valence-electron chi connectivity index (χ0n) is 36.3. The Morgan fingerprint density at radius 2 is 1.42 bits per heavy atom. The Labute approximate surface area is 387 Å². The minimum absolute atomic E-state index is 0.0676. The summed E-state index contributed by atoms with van der Waals surface area (Å²) < 4.78 is 84.7. The van der Waals surface area contributed by atoms with E-state index in [9.17, 15) is 4.79 Å². The van der Waals surface area contributed by atoms with Crippen molar-refractivity contribution in [2.24, 2.45) is 0 Å².